The lowest BCUT2D eigenvalue weighted by atomic mass is 9.72. The third-order valence-electron chi connectivity index (χ3n) is 4.68. The summed E-state index contributed by atoms with van der Waals surface area (Å²) < 4.78 is 10.2. The molecule has 1 fully saturated rings. The molecule has 0 bridgehead atoms. The van der Waals surface area contributed by atoms with Crippen molar-refractivity contribution in [2.24, 2.45) is 11.3 Å². The minimum atomic E-state index is -1.03. The number of ether oxygens (including phenoxy) is 2. The summed E-state index contributed by atoms with van der Waals surface area (Å²) in [5, 5.41) is 4.24. The van der Waals surface area contributed by atoms with Crippen molar-refractivity contribution >= 4 is 12.1 Å². The van der Waals surface area contributed by atoms with Gasteiger partial charge in [-0.05, 0) is 55.2 Å². The average molecular weight is 366 g/mol. The lowest BCUT2D eigenvalue weighted by Gasteiger charge is -2.36. The summed E-state index contributed by atoms with van der Waals surface area (Å²) in [6.07, 6.45) is 2.31. The molecule has 1 aromatic rings. The van der Waals surface area contributed by atoms with Gasteiger partial charge >= 0.3 is 12.1 Å². The van der Waals surface area contributed by atoms with E-state index in [2.05, 4.69) is 35.6 Å². The first-order chi connectivity index (χ1) is 12.3. The maximum absolute atomic E-state index is 11.8. The minimum absolute atomic E-state index is 0.196. The maximum Gasteiger partial charge on any atom is 0.543 e. The van der Waals surface area contributed by atoms with Gasteiger partial charge < -0.3 is 9.47 Å². The molecule has 0 radical (unpaired) electrons. The first-order valence-electron chi connectivity index (χ1n) is 8.70. The molecule has 1 aromatic carbocycles. The van der Waals surface area contributed by atoms with E-state index < -0.39 is 12.1 Å². The number of hydrogen-bond donors (Lipinski definition) is 0. The Morgan fingerprint density at radius 2 is 1.73 bits per heavy atom. The highest BCUT2D eigenvalue weighted by Crippen LogP contribution is 2.38. The molecule has 2 rings (SSSR count). The molecular weight excluding hydrogens is 340 g/mol. The molecule has 0 amide bonds. The van der Waals surface area contributed by atoms with E-state index in [1.54, 1.807) is 12.1 Å². The topological polar surface area (TPSA) is 80.3 Å². The Morgan fingerprint density at radius 1 is 1.04 bits per heavy atom. The largest absolute Gasteiger partial charge is 0.543 e. The number of methoxy groups -OCH3 is 1. The van der Waals surface area contributed by atoms with E-state index >= 15 is 0 Å². The Kier molecular flexibility index (Phi) is 6.85. The molecule has 26 heavy (non-hydrogen) atoms. The summed E-state index contributed by atoms with van der Waals surface area (Å²) in [5.41, 5.74) is 0.449. The van der Waals surface area contributed by atoms with Gasteiger partial charge in [0.2, 0.25) is 0 Å². The van der Waals surface area contributed by atoms with Crippen LogP contribution in [0.4, 0.5) is 4.79 Å². The summed E-state index contributed by atoms with van der Waals surface area (Å²) in [6.45, 7) is 6.66. The number of carbonyl (C=O) groups excluding carboxylic acids is 2. The summed E-state index contributed by atoms with van der Waals surface area (Å²) >= 11 is 0. The van der Waals surface area contributed by atoms with Crippen LogP contribution in [-0.2, 0) is 19.6 Å². The Balaban J connectivity index is 1.68. The normalized spacial score (nSPS) is 20.2. The summed E-state index contributed by atoms with van der Waals surface area (Å²) in [5.74, 6) is 0.284. The zero-order valence-corrected chi connectivity index (χ0v) is 15.7. The van der Waals surface area contributed by atoms with Gasteiger partial charge in [-0.2, -0.15) is 0 Å². The molecule has 1 saturated carbocycles. The molecule has 0 atom stereocenters. The van der Waals surface area contributed by atoms with Crippen molar-refractivity contribution in [2.45, 2.75) is 52.6 Å². The van der Waals surface area contributed by atoms with Crippen LogP contribution >= 0.6 is 0 Å². The number of rotatable bonds is 5. The van der Waals surface area contributed by atoms with E-state index in [0.717, 1.165) is 25.7 Å². The van der Waals surface area contributed by atoms with Gasteiger partial charge in [0.25, 0.3) is 0 Å². The van der Waals surface area contributed by atoms with Crippen molar-refractivity contribution in [2.75, 3.05) is 7.11 Å². The Hall–Kier alpha value is -2.28. The van der Waals surface area contributed by atoms with Crippen LogP contribution in [-0.4, -0.2) is 25.3 Å². The van der Waals surface area contributed by atoms with E-state index in [9.17, 15) is 9.59 Å². The molecule has 0 aliphatic heterocycles. The molecule has 1 aliphatic carbocycles. The highest BCUT2D eigenvalue weighted by molar-refractivity contribution is 5.89. The van der Waals surface area contributed by atoms with Crippen molar-refractivity contribution in [1.82, 2.24) is 0 Å². The second-order valence-corrected chi connectivity index (χ2v) is 7.46. The fourth-order valence-electron chi connectivity index (χ4n) is 3.08. The average Bonchev–Trinajstić information content (AvgIpc) is 2.61. The zero-order chi connectivity index (χ0) is 19.2. The summed E-state index contributed by atoms with van der Waals surface area (Å²) in [7, 11) is 1.48. The van der Waals surface area contributed by atoms with Crippen LogP contribution in [0.3, 0.4) is 0 Å². The minimum Gasteiger partial charge on any atom is -0.497 e. The van der Waals surface area contributed by atoms with Gasteiger partial charge in [-0.15, -0.1) is 0 Å². The standard InChI is InChI=1S/C19H26O7/c1-19(2,3)14-8-10-15(11-9-14)23-18(21)25-26-24-17(20)13-6-5-7-16(12-13)22-4/h5-7,12,14-15H,8-11H2,1-4H3. The van der Waals surface area contributed by atoms with Crippen LogP contribution in [0.5, 0.6) is 5.75 Å². The van der Waals surface area contributed by atoms with Crippen LogP contribution in [0, 0.1) is 11.3 Å². The fraction of sp³-hybridized carbons (Fsp3) is 0.579. The Bertz CT molecular complexity index is 613. The molecule has 0 spiro atoms. The third kappa shape index (κ3) is 5.91. The predicted molar refractivity (Wildman–Crippen MR) is 92.3 cm³/mol. The van der Waals surface area contributed by atoms with E-state index in [-0.39, 0.29) is 17.1 Å². The van der Waals surface area contributed by atoms with Gasteiger partial charge in [-0.1, -0.05) is 26.8 Å². The highest BCUT2D eigenvalue weighted by atomic mass is 17.5. The smallest absolute Gasteiger partial charge is 0.497 e. The summed E-state index contributed by atoms with van der Waals surface area (Å²) in [4.78, 5) is 32.2. The molecule has 0 N–H and O–H groups in total. The molecule has 0 saturated heterocycles. The van der Waals surface area contributed by atoms with Crippen LogP contribution in [0.2, 0.25) is 0 Å². The van der Waals surface area contributed by atoms with Crippen molar-refractivity contribution in [3.8, 4) is 5.75 Å². The molecule has 1 aliphatic rings. The number of hydrogen-bond acceptors (Lipinski definition) is 7. The Labute approximate surface area is 153 Å². The second-order valence-electron chi connectivity index (χ2n) is 7.46. The molecule has 144 valence electrons. The van der Waals surface area contributed by atoms with Crippen LogP contribution in [0.25, 0.3) is 0 Å². The molecule has 0 unspecified atom stereocenters. The van der Waals surface area contributed by atoms with Crippen LogP contribution in [0.1, 0.15) is 56.8 Å². The van der Waals surface area contributed by atoms with E-state index in [4.69, 9.17) is 9.47 Å². The monoisotopic (exact) mass is 366 g/mol. The molecule has 0 heterocycles. The van der Waals surface area contributed by atoms with Gasteiger partial charge in [0.05, 0.1) is 17.7 Å². The maximum atomic E-state index is 11.8. The Morgan fingerprint density at radius 3 is 2.35 bits per heavy atom. The van der Waals surface area contributed by atoms with Crippen molar-refractivity contribution < 1.29 is 33.9 Å². The quantitative estimate of drug-likeness (QED) is 0.432. The molecule has 7 heteroatoms. The predicted octanol–water partition coefficient (Wildman–Crippen LogP) is 4.46. The van der Waals surface area contributed by atoms with Crippen molar-refractivity contribution in [3.05, 3.63) is 29.8 Å². The number of benzene rings is 1. The fourth-order valence-corrected chi connectivity index (χ4v) is 3.08. The van der Waals surface area contributed by atoms with Crippen LogP contribution in [0.15, 0.2) is 24.3 Å². The molecule has 7 nitrogen and oxygen atoms in total. The van der Waals surface area contributed by atoms with E-state index in [0.29, 0.717) is 11.7 Å². The first kappa shape index (κ1) is 20.0. The highest BCUT2D eigenvalue weighted by Gasteiger charge is 2.31. The lowest BCUT2D eigenvalue weighted by molar-refractivity contribution is -0.453. The SMILES string of the molecule is COc1cccc(C(=O)OOOC(=O)OC2CCC(C(C)(C)C)CC2)c1. The van der Waals surface area contributed by atoms with Gasteiger partial charge in [-0.25, -0.2) is 14.5 Å². The lowest BCUT2D eigenvalue weighted by Crippen LogP contribution is -2.30. The van der Waals surface area contributed by atoms with E-state index in [1.165, 1.54) is 19.2 Å². The first-order valence-corrected chi connectivity index (χ1v) is 8.70. The van der Waals surface area contributed by atoms with Crippen molar-refractivity contribution in [1.29, 1.82) is 0 Å². The third-order valence-corrected chi connectivity index (χ3v) is 4.68. The number of carbonyl (C=O) groups is 2. The van der Waals surface area contributed by atoms with Gasteiger partial charge in [-0.3, -0.25) is 4.89 Å². The van der Waals surface area contributed by atoms with Crippen LogP contribution < -0.4 is 4.74 Å². The van der Waals surface area contributed by atoms with Gasteiger partial charge in [0, 0.05) is 0 Å². The van der Waals surface area contributed by atoms with Gasteiger partial charge in [0.1, 0.15) is 11.9 Å². The van der Waals surface area contributed by atoms with E-state index in [1.807, 2.05) is 0 Å². The zero-order valence-electron chi connectivity index (χ0n) is 15.7. The molecular formula is C19H26O7. The molecule has 0 aromatic heterocycles. The van der Waals surface area contributed by atoms with Crippen molar-refractivity contribution in [3.63, 3.8) is 0 Å². The second kappa shape index (κ2) is 8.89. The summed E-state index contributed by atoms with van der Waals surface area (Å²) in [6, 6.07) is 6.29. The van der Waals surface area contributed by atoms with Gasteiger partial charge in [0.15, 0.2) is 0 Å².